The number of nitrogens with two attached hydrogens (primary N) is 1. The zero-order valence-corrected chi connectivity index (χ0v) is 13.4. The minimum atomic E-state index is 0.460. The SMILES string of the molecule is Nc1cn(C2CCCCCC2)nc1-c1cc(Cl)sc1Cl. The molecule has 2 aromatic heterocycles. The predicted molar refractivity (Wildman–Crippen MR) is 86.7 cm³/mol. The highest BCUT2D eigenvalue weighted by Gasteiger charge is 2.19. The Hall–Kier alpha value is -0.710. The molecule has 0 aromatic carbocycles. The zero-order chi connectivity index (χ0) is 14.1. The lowest BCUT2D eigenvalue weighted by Gasteiger charge is -2.14. The summed E-state index contributed by atoms with van der Waals surface area (Å²) in [5, 5.41) is 4.67. The van der Waals surface area contributed by atoms with Gasteiger partial charge in [-0.2, -0.15) is 5.10 Å². The normalized spacial score (nSPS) is 17.3. The molecule has 0 amide bonds. The van der Waals surface area contributed by atoms with Crippen molar-refractivity contribution < 1.29 is 0 Å². The molecule has 0 spiro atoms. The third-order valence-electron chi connectivity index (χ3n) is 3.87. The van der Waals surface area contributed by atoms with E-state index in [0.29, 0.717) is 20.4 Å². The van der Waals surface area contributed by atoms with Crippen LogP contribution in [0.1, 0.15) is 44.6 Å². The number of nitrogens with zero attached hydrogens (tertiary/aromatic N) is 2. The van der Waals surface area contributed by atoms with Gasteiger partial charge in [0.15, 0.2) is 0 Å². The first-order valence-electron chi connectivity index (χ1n) is 6.95. The van der Waals surface area contributed by atoms with Crippen molar-refractivity contribution in [1.29, 1.82) is 0 Å². The molecule has 0 unspecified atom stereocenters. The van der Waals surface area contributed by atoms with Crippen molar-refractivity contribution in [3.05, 3.63) is 20.9 Å². The second-order valence-electron chi connectivity index (χ2n) is 5.30. The third kappa shape index (κ3) is 2.83. The van der Waals surface area contributed by atoms with Crippen LogP contribution in [-0.4, -0.2) is 9.78 Å². The molecule has 1 fully saturated rings. The molecule has 3 rings (SSSR count). The van der Waals surface area contributed by atoms with Gasteiger partial charge in [0.25, 0.3) is 0 Å². The van der Waals surface area contributed by atoms with E-state index >= 15 is 0 Å². The highest BCUT2D eigenvalue weighted by molar-refractivity contribution is 7.20. The Kier molecular flexibility index (Phi) is 4.24. The first kappa shape index (κ1) is 14.2. The smallest absolute Gasteiger partial charge is 0.118 e. The molecule has 0 radical (unpaired) electrons. The van der Waals surface area contributed by atoms with E-state index in [1.54, 1.807) is 0 Å². The summed E-state index contributed by atoms with van der Waals surface area (Å²) in [5.41, 5.74) is 8.38. The van der Waals surface area contributed by atoms with Gasteiger partial charge < -0.3 is 5.73 Å². The molecule has 6 heteroatoms. The molecular weight excluding hydrogens is 313 g/mol. The fraction of sp³-hybridized carbons (Fsp3) is 0.500. The largest absolute Gasteiger partial charge is 0.396 e. The van der Waals surface area contributed by atoms with Crippen LogP contribution >= 0.6 is 34.5 Å². The summed E-state index contributed by atoms with van der Waals surface area (Å²) in [6.07, 6.45) is 9.48. The topological polar surface area (TPSA) is 43.8 Å². The van der Waals surface area contributed by atoms with Crippen molar-refractivity contribution >= 4 is 40.2 Å². The van der Waals surface area contributed by atoms with Gasteiger partial charge in [-0.3, -0.25) is 4.68 Å². The molecule has 0 saturated heterocycles. The van der Waals surface area contributed by atoms with Gasteiger partial charge in [-0.1, -0.05) is 48.9 Å². The molecule has 1 saturated carbocycles. The number of rotatable bonds is 2. The maximum Gasteiger partial charge on any atom is 0.118 e. The summed E-state index contributed by atoms with van der Waals surface area (Å²) in [6, 6.07) is 2.30. The van der Waals surface area contributed by atoms with Crippen LogP contribution in [0.5, 0.6) is 0 Å². The molecule has 3 nitrogen and oxygen atoms in total. The highest BCUT2D eigenvalue weighted by atomic mass is 35.5. The summed E-state index contributed by atoms with van der Waals surface area (Å²) >= 11 is 13.6. The molecule has 1 aliphatic rings. The molecule has 0 aliphatic heterocycles. The van der Waals surface area contributed by atoms with Crippen molar-refractivity contribution in [1.82, 2.24) is 9.78 Å². The fourth-order valence-corrected chi connectivity index (χ4v) is 4.29. The van der Waals surface area contributed by atoms with E-state index in [2.05, 4.69) is 5.10 Å². The maximum absolute atomic E-state index is 6.20. The second-order valence-corrected chi connectivity index (χ2v) is 7.58. The number of hydrogen-bond acceptors (Lipinski definition) is 3. The number of halogens is 2. The molecule has 2 N–H and O–H groups in total. The van der Waals surface area contributed by atoms with Crippen molar-refractivity contribution in [3.63, 3.8) is 0 Å². The zero-order valence-electron chi connectivity index (χ0n) is 11.1. The van der Waals surface area contributed by atoms with Gasteiger partial charge in [0.2, 0.25) is 0 Å². The second kappa shape index (κ2) is 5.96. The Morgan fingerprint density at radius 1 is 1.20 bits per heavy atom. The number of thiophene rings is 1. The van der Waals surface area contributed by atoms with Crippen LogP contribution in [0.2, 0.25) is 8.67 Å². The minimum Gasteiger partial charge on any atom is -0.396 e. The number of aromatic nitrogens is 2. The number of anilines is 1. The van der Waals surface area contributed by atoms with Crippen molar-refractivity contribution in [2.75, 3.05) is 5.73 Å². The average Bonchev–Trinajstić information content (AvgIpc) is 2.82. The Labute approximate surface area is 132 Å². The van der Waals surface area contributed by atoms with Gasteiger partial charge in [-0.15, -0.1) is 11.3 Å². The van der Waals surface area contributed by atoms with Crippen molar-refractivity contribution in [2.24, 2.45) is 0 Å². The molecule has 2 aromatic rings. The highest BCUT2D eigenvalue weighted by Crippen LogP contribution is 2.40. The summed E-state index contributed by atoms with van der Waals surface area (Å²) < 4.78 is 3.33. The van der Waals surface area contributed by atoms with E-state index in [0.717, 1.165) is 11.3 Å². The van der Waals surface area contributed by atoms with Crippen LogP contribution in [-0.2, 0) is 0 Å². The Bertz CT molecular complexity index is 598. The molecule has 1 aliphatic carbocycles. The monoisotopic (exact) mass is 329 g/mol. The number of nitrogen functional groups attached to an aromatic ring is 1. The van der Waals surface area contributed by atoms with E-state index in [4.69, 9.17) is 28.9 Å². The van der Waals surface area contributed by atoms with E-state index in [-0.39, 0.29) is 0 Å². The lowest BCUT2D eigenvalue weighted by Crippen LogP contribution is -2.08. The molecular formula is C14H17Cl2N3S. The van der Waals surface area contributed by atoms with Gasteiger partial charge in [-0.05, 0) is 18.9 Å². The van der Waals surface area contributed by atoms with E-state index in [9.17, 15) is 0 Å². The molecule has 0 bridgehead atoms. The minimum absolute atomic E-state index is 0.460. The quantitative estimate of drug-likeness (QED) is 0.750. The van der Waals surface area contributed by atoms with Crippen LogP contribution in [0.3, 0.4) is 0 Å². The van der Waals surface area contributed by atoms with Gasteiger partial charge in [-0.25, -0.2) is 0 Å². The lowest BCUT2D eigenvalue weighted by molar-refractivity contribution is 0.406. The summed E-state index contributed by atoms with van der Waals surface area (Å²) in [6.45, 7) is 0. The van der Waals surface area contributed by atoms with Gasteiger partial charge in [0.05, 0.1) is 16.1 Å². The van der Waals surface area contributed by atoms with Crippen LogP contribution in [0.25, 0.3) is 11.3 Å². The van der Waals surface area contributed by atoms with Crippen molar-refractivity contribution in [2.45, 2.75) is 44.6 Å². The van der Waals surface area contributed by atoms with Crippen LogP contribution in [0.15, 0.2) is 12.3 Å². The van der Waals surface area contributed by atoms with Gasteiger partial charge >= 0.3 is 0 Å². The standard InChI is InChI=1S/C14H17Cl2N3S/c15-12-7-10(14(16)20-12)13-11(17)8-19(18-13)9-5-3-1-2-4-6-9/h7-9H,1-6,17H2. The number of hydrogen-bond donors (Lipinski definition) is 1. The Morgan fingerprint density at radius 2 is 1.90 bits per heavy atom. The fourth-order valence-electron chi connectivity index (χ4n) is 2.83. The van der Waals surface area contributed by atoms with Crippen LogP contribution in [0, 0.1) is 0 Å². The Morgan fingerprint density at radius 3 is 2.50 bits per heavy atom. The van der Waals surface area contributed by atoms with Gasteiger partial charge in [0.1, 0.15) is 10.0 Å². The van der Waals surface area contributed by atoms with E-state index < -0.39 is 0 Å². The molecule has 20 heavy (non-hydrogen) atoms. The summed E-state index contributed by atoms with van der Waals surface area (Å²) in [5.74, 6) is 0. The summed E-state index contributed by atoms with van der Waals surface area (Å²) in [4.78, 5) is 0. The Balaban J connectivity index is 1.92. The first-order chi connectivity index (χ1) is 9.65. The molecule has 2 heterocycles. The summed E-state index contributed by atoms with van der Waals surface area (Å²) in [7, 11) is 0. The van der Waals surface area contributed by atoms with Crippen molar-refractivity contribution in [3.8, 4) is 11.3 Å². The molecule has 108 valence electrons. The van der Waals surface area contributed by atoms with E-state index in [1.165, 1.54) is 49.9 Å². The van der Waals surface area contributed by atoms with Crippen LogP contribution < -0.4 is 5.73 Å². The predicted octanol–water partition coefficient (Wildman–Crippen LogP) is 5.40. The molecule has 0 atom stereocenters. The van der Waals surface area contributed by atoms with Crippen LogP contribution in [0.4, 0.5) is 5.69 Å². The average molecular weight is 330 g/mol. The van der Waals surface area contributed by atoms with E-state index in [1.807, 2.05) is 16.9 Å². The maximum atomic E-state index is 6.20. The third-order valence-corrected chi connectivity index (χ3v) is 5.36. The lowest BCUT2D eigenvalue weighted by atomic mass is 10.1. The first-order valence-corrected chi connectivity index (χ1v) is 8.52. The van der Waals surface area contributed by atoms with Gasteiger partial charge in [0, 0.05) is 11.8 Å².